The zero-order valence-electron chi connectivity index (χ0n) is 8.48. The zero-order valence-corrected chi connectivity index (χ0v) is 8.48. The molecule has 0 aromatic rings. The van der Waals surface area contributed by atoms with E-state index >= 15 is 0 Å². The molecule has 5 heteroatoms. The molecule has 0 saturated carbocycles. The van der Waals surface area contributed by atoms with Crippen molar-refractivity contribution in [3.05, 3.63) is 0 Å². The highest BCUT2D eigenvalue weighted by atomic mass is 16.2. The van der Waals surface area contributed by atoms with Crippen LogP contribution in [0.15, 0.2) is 0 Å². The van der Waals surface area contributed by atoms with Crippen molar-refractivity contribution in [3.63, 3.8) is 0 Å². The molecule has 1 heterocycles. The number of carbonyl (C=O) groups is 2. The third-order valence-electron chi connectivity index (χ3n) is 2.46. The van der Waals surface area contributed by atoms with Gasteiger partial charge in [0.25, 0.3) is 0 Å². The molecule has 0 bridgehead atoms. The second kappa shape index (κ2) is 4.95. The van der Waals surface area contributed by atoms with Gasteiger partial charge < -0.3 is 15.4 Å². The minimum absolute atomic E-state index is 0.0649. The minimum Gasteiger partial charge on any atom is -0.351 e. The van der Waals surface area contributed by atoms with Crippen LogP contribution >= 0.6 is 0 Å². The average molecular weight is 199 g/mol. The minimum atomic E-state index is -0.354. The molecule has 0 spiro atoms. The summed E-state index contributed by atoms with van der Waals surface area (Å²) in [4.78, 5) is 25.1. The van der Waals surface area contributed by atoms with Crippen molar-refractivity contribution in [3.8, 4) is 0 Å². The van der Waals surface area contributed by atoms with Crippen molar-refractivity contribution in [1.29, 1.82) is 0 Å². The normalized spacial score (nSPS) is 20.5. The number of urea groups is 1. The monoisotopic (exact) mass is 199 g/mol. The highest BCUT2D eigenvalue weighted by molar-refractivity contribution is 5.72. The quantitative estimate of drug-likeness (QED) is 0.624. The Balaban J connectivity index is 2.28. The number of carbonyl (C=O) groups excluding carboxylic acids is 2. The second-order valence-electron chi connectivity index (χ2n) is 3.74. The highest BCUT2D eigenvalue weighted by Crippen LogP contribution is 2.03. The van der Waals surface area contributed by atoms with Crippen LogP contribution in [0.3, 0.4) is 0 Å². The predicted molar refractivity (Wildman–Crippen MR) is 52.8 cm³/mol. The van der Waals surface area contributed by atoms with Crippen LogP contribution in [0.2, 0.25) is 0 Å². The maximum absolute atomic E-state index is 10.8. The van der Waals surface area contributed by atoms with Crippen LogP contribution in [-0.4, -0.2) is 54.8 Å². The van der Waals surface area contributed by atoms with Crippen LogP contribution in [0.1, 0.15) is 6.92 Å². The Morgan fingerprint density at radius 1 is 1.43 bits per heavy atom. The van der Waals surface area contributed by atoms with E-state index in [0.29, 0.717) is 13.1 Å². The van der Waals surface area contributed by atoms with Crippen molar-refractivity contribution in [1.82, 2.24) is 9.80 Å². The lowest BCUT2D eigenvalue weighted by Crippen LogP contribution is -2.51. The lowest BCUT2D eigenvalue weighted by atomic mass is 10.2. The molecule has 0 aromatic carbocycles. The van der Waals surface area contributed by atoms with Gasteiger partial charge in [-0.25, -0.2) is 4.79 Å². The summed E-state index contributed by atoms with van der Waals surface area (Å²) in [7, 11) is 0. The molecule has 80 valence electrons. The highest BCUT2D eigenvalue weighted by Gasteiger charge is 2.19. The van der Waals surface area contributed by atoms with Crippen LogP contribution in [-0.2, 0) is 4.79 Å². The summed E-state index contributed by atoms with van der Waals surface area (Å²) in [6.45, 7) is 5.62. The Morgan fingerprint density at radius 3 is 2.43 bits per heavy atom. The van der Waals surface area contributed by atoms with Gasteiger partial charge in [0.1, 0.15) is 6.29 Å². The number of primary amides is 1. The van der Waals surface area contributed by atoms with Crippen molar-refractivity contribution in [2.24, 2.45) is 11.7 Å². The van der Waals surface area contributed by atoms with E-state index < -0.39 is 0 Å². The van der Waals surface area contributed by atoms with Gasteiger partial charge in [0, 0.05) is 38.6 Å². The van der Waals surface area contributed by atoms with Crippen molar-refractivity contribution < 1.29 is 9.59 Å². The fraction of sp³-hybridized carbons (Fsp3) is 0.778. The average Bonchev–Trinajstić information content (AvgIpc) is 2.18. The van der Waals surface area contributed by atoms with Crippen LogP contribution in [0.5, 0.6) is 0 Å². The number of nitrogens with two attached hydrogens (primary N) is 1. The first-order chi connectivity index (χ1) is 6.63. The van der Waals surface area contributed by atoms with Gasteiger partial charge in [-0.05, 0) is 0 Å². The van der Waals surface area contributed by atoms with E-state index in [0.717, 1.165) is 25.9 Å². The molecule has 14 heavy (non-hydrogen) atoms. The Hall–Kier alpha value is -1.10. The van der Waals surface area contributed by atoms with Crippen molar-refractivity contribution in [2.45, 2.75) is 6.92 Å². The van der Waals surface area contributed by atoms with Gasteiger partial charge in [-0.15, -0.1) is 0 Å². The van der Waals surface area contributed by atoms with E-state index in [1.807, 2.05) is 6.92 Å². The van der Waals surface area contributed by atoms with E-state index in [4.69, 9.17) is 5.73 Å². The van der Waals surface area contributed by atoms with Gasteiger partial charge in [-0.1, -0.05) is 6.92 Å². The largest absolute Gasteiger partial charge is 0.351 e. The van der Waals surface area contributed by atoms with Crippen LogP contribution in [0.4, 0.5) is 4.79 Å². The molecule has 2 N–H and O–H groups in total. The molecule has 1 fully saturated rings. The second-order valence-corrected chi connectivity index (χ2v) is 3.74. The summed E-state index contributed by atoms with van der Waals surface area (Å²) >= 11 is 0. The topological polar surface area (TPSA) is 66.6 Å². The van der Waals surface area contributed by atoms with E-state index in [-0.39, 0.29) is 11.9 Å². The first-order valence-corrected chi connectivity index (χ1v) is 4.85. The standard InChI is InChI=1S/C9H17N3O2/c1-8(7-13)6-11-2-4-12(5-3-11)9(10)14/h7-8H,2-6H2,1H3,(H2,10,14). The van der Waals surface area contributed by atoms with Gasteiger partial charge in [-0.3, -0.25) is 4.90 Å². The van der Waals surface area contributed by atoms with Gasteiger partial charge in [0.2, 0.25) is 0 Å². The third-order valence-corrected chi connectivity index (χ3v) is 2.46. The Morgan fingerprint density at radius 2 is 2.00 bits per heavy atom. The van der Waals surface area contributed by atoms with Crippen LogP contribution < -0.4 is 5.73 Å². The number of hydrogen-bond acceptors (Lipinski definition) is 3. The SMILES string of the molecule is CC(C=O)CN1CCN(C(N)=O)CC1. The van der Waals surface area contributed by atoms with Gasteiger partial charge in [0.05, 0.1) is 0 Å². The molecule has 0 aromatic heterocycles. The van der Waals surface area contributed by atoms with Crippen LogP contribution in [0, 0.1) is 5.92 Å². The number of amides is 2. The number of aldehydes is 1. The first-order valence-electron chi connectivity index (χ1n) is 4.85. The molecular weight excluding hydrogens is 182 g/mol. The van der Waals surface area contributed by atoms with Crippen LogP contribution in [0.25, 0.3) is 0 Å². The number of piperazine rings is 1. The maximum atomic E-state index is 10.8. The Bertz CT molecular complexity index is 212. The fourth-order valence-electron chi connectivity index (χ4n) is 1.60. The molecule has 0 radical (unpaired) electrons. The molecule has 1 unspecified atom stereocenters. The molecule has 2 amide bonds. The molecule has 0 aliphatic carbocycles. The fourth-order valence-corrected chi connectivity index (χ4v) is 1.60. The predicted octanol–water partition coefficient (Wildman–Crippen LogP) is -0.482. The van der Waals surface area contributed by atoms with Gasteiger partial charge in [0.15, 0.2) is 0 Å². The van der Waals surface area contributed by atoms with E-state index in [2.05, 4.69) is 4.90 Å². The number of hydrogen-bond donors (Lipinski definition) is 1. The summed E-state index contributed by atoms with van der Waals surface area (Å²) in [5.74, 6) is 0.0649. The summed E-state index contributed by atoms with van der Waals surface area (Å²) in [6.07, 6.45) is 0.959. The lowest BCUT2D eigenvalue weighted by Gasteiger charge is -2.34. The van der Waals surface area contributed by atoms with Gasteiger partial charge in [-0.2, -0.15) is 0 Å². The summed E-state index contributed by atoms with van der Waals surface area (Å²) in [6, 6.07) is -0.354. The summed E-state index contributed by atoms with van der Waals surface area (Å²) in [5, 5.41) is 0. The van der Waals surface area contributed by atoms with E-state index in [1.54, 1.807) is 4.90 Å². The summed E-state index contributed by atoms with van der Waals surface area (Å²) < 4.78 is 0. The molecule has 1 saturated heterocycles. The van der Waals surface area contributed by atoms with E-state index in [1.165, 1.54) is 0 Å². The smallest absolute Gasteiger partial charge is 0.314 e. The zero-order chi connectivity index (χ0) is 10.6. The Labute approximate surface area is 83.8 Å². The molecule has 1 atom stereocenters. The maximum Gasteiger partial charge on any atom is 0.314 e. The molecular formula is C9H17N3O2. The molecule has 1 rings (SSSR count). The third kappa shape index (κ3) is 2.99. The summed E-state index contributed by atoms with van der Waals surface area (Å²) in [5.41, 5.74) is 5.15. The van der Waals surface area contributed by atoms with E-state index in [9.17, 15) is 9.59 Å². The van der Waals surface area contributed by atoms with Gasteiger partial charge >= 0.3 is 6.03 Å². The van der Waals surface area contributed by atoms with Crippen molar-refractivity contribution >= 4 is 12.3 Å². The molecule has 5 nitrogen and oxygen atoms in total. The molecule has 1 aliphatic rings. The molecule has 1 aliphatic heterocycles. The number of rotatable bonds is 3. The van der Waals surface area contributed by atoms with Crippen molar-refractivity contribution in [2.75, 3.05) is 32.7 Å². The number of nitrogens with zero attached hydrogens (tertiary/aromatic N) is 2. The first kappa shape index (κ1) is 11.0. The lowest BCUT2D eigenvalue weighted by molar-refractivity contribution is -0.111. The Kier molecular flexibility index (Phi) is 3.88.